The van der Waals surface area contributed by atoms with Crippen LogP contribution < -0.4 is 11.0 Å². The molecule has 2 aromatic carbocycles. The summed E-state index contributed by atoms with van der Waals surface area (Å²) in [7, 11) is 0. The van der Waals surface area contributed by atoms with Crippen LogP contribution in [0.4, 0.5) is 5.69 Å². The molecule has 3 aromatic rings. The van der Waals surface area contributed by atoms with Crippen LogP contribution in [0.3, 0.4) is 0 Å². The quantitative estimate of drug-likeness (QED) is 0.442. The number of rotatable bonds is 4. The molecule has 0 atom stereocenters. The zero-order valence-corrected chi connectivity index (χ0v) is 13.7. The van der Waals surface area contributed by atoms with Gasteiger partial charge in [-0.25, -0.2) is 9.66 Å². The van der Waals surface area contributed by atoms with Gasteiger partial charge in [0.1, 0.15) is 5.82 Å². The number of hydrogen-bond donors (Lipinski definition) is 1. The zero-order valence-electron chi connectivity index (χ0n) is 13.7. The number of fused-ring (bicyclic) bond motifs is 1. The summed E-state index contributed by atoms with van der Waals surface area (Å²) in [6.45, 7) is 1.62. The number of para-hydroxylation sites is 1. The number of hydrogen-bond acceptors (Lipinski definition) is 5. The lowest BCUT2D eigenvalue weighted by Gasteiger charge is -2.10. The molecule has 0 aliphatic rings. The van der Waals surface area contributed by atoms with Gasteiger partial charge in [0.05, 0.1) is 15.8 Å². The highest BCUT2D eigenvalue weighted by molar-refractivity contribution is 5.97. The minimum atomic E-state index is -0.523. The van der Waals surface area contributed by atoms with E-state index in [0.29, 0.717) is 22.3 Å². The van der Waals surface area contributed by atoms with Gasteiger partial charge in [-0.2, -0.15) is 0 Å². The molecule has 0 bridgehead atoms. The van der Waals surface area contributed by atoms with Crippen molar-refractivity contribution in [3.8, 4) is 0 Å². The average Bonchev–Trinajstić information content (AvgIpc) is 2.64. The molecule has 0 aliphatic carbocycles. The van der Waals surface area contributed by atoms with Gasteiger partial charge in [-0.3, -0.25) is 25.1 Å². The van der Waals surface area contributed by atoms with Gasteiger partial charge < -0.3 is 0 Å². The smallest absolute Gasteiger partial charge is 0.268 e. The summed E-state index contributed by atoms with van der Waals surface area (Å²) in [4.78, 5) is 39.0. The molecule has 1 N–H and O–H groups in total. The van der Waals surface area contributed by atoms with Crippen molar-refractivity contribution in [3.05, 3.63) is 86.5 Å². The number of aromatic nitrogens is 2. The molecule has 0 fully saturated rings. The van der Waals surface area contributed by atoms with Gasteiger partial charge >= 0.3 is 0 Å². The molecule has 1 amide bonds. The van der Waals surface area contributed by atoms with Crippen molar-refractivity contribution in [3.63, 3.8) is 0 Å². The molecule has 0 saturated heterocycles. The number of nitro groups is 1. The number of nitro benzene ring substituents is 1. The molecule has 8 heteroatoms. The van der Waals surface area contributed by atoms with E-state index in [1.807, 2.05) is 0 Å². The number of aryl methyl sites for hydroxylation is 1. The summed E-state index contributed by atoms with van der Waals surface area (Å²) in [5.74, 6) is -0.170. The lowest BCUT2D eigenvalue weighted by atomic mass is 10.2. The lowest BCUT2D eigenvalue weighted by Crippen LogP contribution is -2.34. The van der Waals surface area contributed by atoms with Crippen LogP contribution in [-0.4, -0.2) is 20.5 Å². The summed E-state index contributed by atoms with van der Waals surface area (Å²) >= 11 is 0. The molecular weight excluding hydrogens is 336 g/mol. The normalized spacial score (nSPS) is 11.0. The van der Waals surface area contributed by atoms with Crippen LogP contribution in [0.2, 0.25) is 0 Å². The van der Waals surface area contributed by atoms with Gasteiger partial charge in [0.25, 0.3) is 17.2 Å². The molecule has 0 unspecified atom stereocenters. The third-order valence-corrected chi connectivity index (χ3v) is 3.70. The number of non-ortho nitro benzene ring substituents is 1. The van der Waals surface area contributed by atoms with Gasteiger partial charge in [0.2, 0.25) is 0 Å². The molecule has 0 spiro atoms. The van der Waals surface area contributed by atoms with Crippen molar-refractivity contribution < 1.29 is 9.72 Å². The van der Waals surface area contributed by atoms with E-state index in [9.17, 15) is 19.7 Å². The van der Waals surface area contributed by atoms with Gasteiger partial charge in [-0.05, 0) is 42.8 Å². The van der Waals surface area contributed by atoms with Crippen molar-refractivity contribution >= 4 is 28.6 Å². The van der Waals surface area contributed by atoms with Crippen molar-refractivity contribution in [2.24, 2.45) is 0 Å². The molecule has 26 heavy (non-hydrogen) atoms. The van der Waals surface area contributed by atoms with E-state index in [-0.39, 0.29) is 11.2 Å². The van der Waals surface area contributed by atoms with Crippen LogP contribution in [0.1, 0.15) is 11.4 Å². The summed E-state index contributed by atoms with van der Waals surface area (Å²) in [5, 5.41) is 11.0. The number of carbonyl (C=O) groups is 1. The second-order valence-electron chi connectivity index (χ2n) is 5.47. The monoisotopic (exact) mass is 350 g/mol. The molecule has 0 saturated carbocycles. The molecule has 130 valence electrons. The summed E-state index contributed by atoms with van der Waals surface area (Å²) < 4.78 is 1.09. The second-order valence-corrected chi connectivity index (χ2v) is 5.47. The molecule has 0 radical (unpaired) electrons. The number of amides is 1. The first-order chi connectivity index (χ1) is 12.5. The first kappa shape index (κ1) is 17.0. The summed E-state index contributed by atoms with van der Waals surface area (Å²) in [6, 6.07) is 12.6. The van der Waals surface area contributed by atoms with E-state index in [0.717, 1.165) is 4.68 Å². The van der Waals surface area contributed by atoms with Crippen LogP contribution >= 0.6 is 0 Å². The van der Waals surface area contributed by atoms with Gasteiger partial charge in [0.15, 0.2) is 0 Å². The van der Waals surface area contributed by atoms with Crippen molar-refractivity contribution in [1.29, 1.82) is 0 Å². The maximum absolute atomic E-state index is 12.5. The van der Waals surface area contributed by atoms with Crippen LogP contribution in [-0.2, 0) is 4.79 Å². The highest BCUT2D eigenvalue weighted by Gasteiger charge is 2.09. The SMILES string of the molecule is Cc1nc2ccccc2c(=O)n1NC(=O)C=Cc1ccc([N+](=O)[O-])cc1. The van der Waals surface area contributed by atoms with E-state index >= 15 is 0 Å². The Hall–Kier alpha value is -3.81. The van der Waals surface area contributed by atoms with Crippen molar-refractivity contribution in [2.45, 2.75) is 6.92 Å². The third kappa shape index (κ3) is 3.48. The third-order valence-electron chi connectivity index (χ3n) is 3.70. The van der Waals surface area contributed by atoms with Crippen LogP contribution in [0.5, 0.6) is 0 Å². The van der Waals surface area contributed by atoms with Gasteiger partial charge in [-0.1, -0.05) is 12.1 Å². The second kappa shape index (κ2) is 6.98. The Morgan fingerprint density at radius 1 is 1.19 bits per heavy atom. The average molecular weight is 350 g/mol. The number of nitrogens with zero attached hydrogens (tertiary/aromatic N) is 3. The molecule has 0 aliphatic heterocycles. The minimum absolute atomic E-state index is 0.0315. The highest BCUT2D eigenvalue weighted by Crippen LogP contribution is 2.12. The predicted octanol–water partition coefficient (Wildman–Crippen LogP) is 2.40. The van der Waals surface area contributed by atoms with Crippen LogP contribution in [0, 0.1) is 17.0 Å². The summed E-state index contributed by atoms with van der Waals surface area (Å²) in [5.41, 5.74) is 3.25. The number of nitrogens with one attached hydrogen (secondary N) is 1. The van der Waals surface area contributed by atoms with Crippen molar-refractivity contribution in [1.82, 2.24) is 9.66 Å². The fourth-order valence-corrected chi connectivity index (χ4v) is 2.40. The lowest BCUT2D eigenvalue weighted by molar-refractivity contribution is -0.384. The Balaban J connectivity index is 1.81. The fourth-order valence-electron chi connectivity index (χ4n) is 2.40. The highest BCUT2D eigenvalue weighted by atomic mass is 16.6. The largest absolute Gasteiger partial charge is 0.280 e. The molecule has 3 rings (SSSR count). The Kier molecular flexibility index (Phi) is 4.57. The van der Waals surface area contributed by atoms with E-state index in [4.69, 9.17) is 0 Å². The maximum atomic E-state index is 12.5. The molecule has 8 nitrogen and oxygen atoms in total. The zero-order chi connectivity index (χ0) is 18.7. The van der Waals surface area contributed by atoms with E-state index < -0.39 is 10.8 Å². The standard InChI is InChI=1S/C18H14N4O4/c1-12-19-16-5-3-2-4-15(16)18(24)21(12)20-17(23)11-8-13-6-9-14(10-7-13)22(25)26/h2-11H,1H3,(H,20,23). The van der Waals surface area contributed by atoms with E-state index in [2.05, 4.69) is 10.4 Å². The number of carbonyl (C=O) groups excluding carboxylic acids is 1. The first-order valence-corrected chi connectivity index (χ1v) is 7.67. The number of benzene rings is 2. The van der Waals surface area contributed by atoms with Gasteiger partial charge in [0, 0.05) is 18.2 Å². The summed E-state index contributed by atoms with van der Waals surface area (Å²) in [6.07, 6.45) is 2.73. The van der Waals surface area contributed by atoms with E-state index in [1.165, 1.54) is 36.4 Å². The maximum Gasteiger partial charge on any atom is 0.280 e. The molecule has 1 aromatic heterocycles. The predicted molar refractivity (Wildman–Crippen MR) is 97.2 cm³/mol. The van der Waals surface area contributed by atoms with Crippen molar-refractivity contribution in [2.75, 3.05) is 5.43 Å². The molecular formula is C18H14N4O4. The molecule has 1 heterocycles. The van der Waals surface area contributed by atoms with Crippen LogP contribution in [0.15, 0.2) is 59.4 Å². The van der Waals surface area contributed by atoms with E-state index in [1.54, 1.807) is 31.2 Å². The Bertz CT molecular complexity index is 1080. The Morgan fingerprint density at radius 3 is 2.58 bits per heavy atom. The Morgan fingerprint density at radius 2 is 1.88 bits per heavy atom. The van der Waals surface area contributed by atoms with Crippen LogP contribution in [0.25, 0.3) is 17.0 Å². The minimum Gasteiger partial charge on any atom is -0.268 e. The first-order valence-electron chi connectivity index (χ1n) is 7.67. The topological polar surface area (TPSA) is 107 Å². The van der Waals surface area contributed by atoms with Gasteiger partial charge in [-0.15, -0.1) is 0 Å². The Labute approximate surface area is 147 Å². The fraction of sp³-hybridized carbons (Fsp3) is 0.0556.